The maximum Gasteiger partial charge on any atom is 0.337 e. The molecule has 1 amide bonds. The number of aliphatic carboxylic acids is 1. The Hall–Kier alpha value is -5.18. The number of carbonyl (C=O) groups is 3. The van der Waals surface area contributed by atoms with E-state index >= 15 is 0 Å². The van der Waals surface area contributed by atoms with Crippen molar-refractivity contribution in [1.29, 1.82) is 0 Å². The number of aromatic nitrogens is 2. The summed E-state index contributed by atoms with van der Waals surface area (Å²) >= 11 is 0. The van der Waals surface area contributed by atoms with Gasteiger partial charge in [0.1, 0.15) is 5.82 Å². The first kappa shape index (κ1) is 25.5. The van der Waals surface area contributed by atoms with Crippen molar-refractivity contribution in [2.45, 2.75) is 19.8 Å². The van der Waals surface area contributed by atoms with Crippen molar-refractivity contribution in [3.05, 3.63) is 101 Å². The van der Waals surface area contributed by atoms with Crippen LogP contribution in [0.25, 0.3) is 22.7 Å². The maximum atomic E-state index is 13.3. The largest absolute Gasteiger partial charge is 0.481 e. The fourth-order valence-corrected chi connectivity index (χ4v) is 4.50. The van der Waals surface area contributed by atoms with Crippen molar-refractivity contribution in [1.82, 2.24) is 9.97 Å². The molecule has 0 saturated carbocycles. The van der Waals surface area contributed by atoms with Gasteiger partial charge in [0.2, 0.25) is 0 Å². The van der Waals surface area contributed by atoms with Gasteiger partial charge >= 0.3 is 11.9 Å². The fraction of sp³-hybridized carbons (Fsp3) is 0.133. The lowest BCUT2D eigenvalue weighted by Gasteiger charge is -2.16. The van der Waals surface area contributed by atoms with Crippen LogP contribution in [0.3, 0.4) is 0 Å². The predicted molar refractivity (Wildman–Crippen MR) is 148 cm³/mol. The molecule has 0 radical (unpaired) electrons. The minimum Gasteiger partial charge on any atom is -0.481 e. The number of aryl methyl sites for hydroxylation is 2. The van der Waals surface area contributed by atoms with Gasteiger partial charge in [-0.1, -0.05) is 24.3 Å². The number of hydrogen-bond donors (Lipinski definition) is 4. The van der Waals surface area contributed by atoms with Gasteiger partial charge in [0.15, 0.2) is 0 Å². The number of fused-ring (bicyclic) bond motifs is 1. The summed E-state index contributed by atoms with van der Waals surface area (Å²) in [7, 11) is 1.30. The molecular weight excluding hydrogens is 496 g/mol. The van der Waals surface area contributed by atoms with E-state index in [-0.39, 0.29) is 12.3 Å². The van der Waals surface area contributed by atoms with Crippen LogP contribution in [0.15, 0.2) is 72.9 Å². The number of nitrogens with zero attached hydrogens (tertiary/aromatic N) is 1. The van der Waals surface area contributed by atoms with E-state index in [1.165, 1.54) is 7.11 Å². The Kier molecular flexibility index (Phi) is 6.96. The number of nitrogens with one attached hydrogen (secondary N) is 3. The van der Waals surface area contributed by atoms with E-state index in [4.69, 9.17) is 9.84 Å². The third-order valence-corrected chi connectivity index (χ3v) is 6.41. The molecular formula is C30H26N4O5. The highest BCUT2D eigenvalue weighted by molar-refractivity contribution is 6.37. The van der Waals surface area contributed by atoms with E-state index < -0.39 is 11.9 Å². The molecule has 0 bridgehead atoms. The van der Waals surface area contributed by atoms with Gasteiger partial charge in [0, 0.05) is 29.4 Å². The van der Waals surface area contributed by atoms with Crippen molar-refractivity contribution in [2.75, 3.05) is 17.7 Å². The summed E-state index contributed by atoms with van der Waals surface area (Å²) in [6.45, 7) is 1.91. The molecule has 1 aliphatic rings. The number of methoxy groups -OCH3 is 1. The van der Waals surface area contributed by atoms with Gasteiger partial charge in [0.05, 0.1) is 35.3 Å². The number of ether oxygens (including phenoxy) is 1. The van der Waals surface area contributed by atoms with E-state index in [0.717, 1.165) is 33.9 Å². The fourth-order valence-electron chi connectivity index (χ4n) is 4.50. The molecule has 4 aromatic rings. The smallest absolute Gasteiger partial charge is 0.337 e. The summed E-state index contributed by atoms with van der Waals surface area (Å²) < 4.78 is 4.82. The Morgan fingerprint density at radius 3 is 2.51 bits per heavy atom. The number of hydrogen-bond acceptors (Lipinski definition) is 6. The SMILES string of the molecule is COC(=O)c1ccc2c(c1)NC(=O)/C2=C(\Nc1ccc(-c2nc(C)c[nH]2)cc1)c1cccc(CCC(=O)O)c1. The number of benzene rings is 3. The Morgan fingerprint density at radius 2 is 1.82 bits per heavy atom. The monoisotopic (exact) mass is 522 g/mol. The summed E-state index contributed by atoms with van der Waals surface area (Å²) in [5.74, 6) is -0.947. The molecule has 0 unspecified atom stereocenters. The number of esters is 1. The second-order valence-electron chi connectivity index (χ2n) is 9.14. The first-order chi connectivity index (χ1) is 18.8. The number of aromatic amines is 1. The number of anilines is 2. The van der Waals surface area contributed by atoms with Gasteiger partial charge in [-0.3, -0.25) is 9.59 Å². The minimum absolute atomic E-state index is 0.00384. The topological polar surface area (TPSA) is 133 Å². The molecule has 0 spiro atoms. The van der Waals surface area contributed by atoms with Crippen LogP contribution in [-0.2, 0) is 20.7 Å². The van der Waals surface area contributed by atoms with E-state index in [1.807, 2.05) is 61.7 Å². The third kappa shape index (κ3) is 5.42. The average Bonchev–Trinajstić information content (AvgIpc) is 3.52. The molecule has 0 fully saturated rings. The minimum atomic E-state index is -0.880. The first-order valence-corrected chi connectivity index (χ1v) is 12.3. The summed E-state index contributed by atoms with van der Waals surface area (Å²) in [6.07, 6.45) is 2.19. The van der Waals surface area contributed by atoms with Gasteiger partial charge in [-0.15, -0.1) is 0 Å². The van der Waals surface area contributed by atoms with Crippen LogP contribution < -0.4 is 10.6 Å². The number of H-pyrrole nitrogens is 1. The number of rotatable bonds is 8. The van der Waals surface area contributed by atoms with Gasteiger partial charge in [-0.25, -0.2) is 9.78 Å². The molecule has 1 aliphatic heterocycles. The average molecular weight is 523 g/mol. The lowest BCUT2D eigenvalue weighted by Crippen LogP contribution is -2.10. The van der Waals surface area contributed by atoms with E-state index in [2.05, 4.69) is 20.6 Å². The van der Waals surface area contributed by atoms with Crippen molar-refractivity contribution in [3.8, 4) is 11.4 Å². The lowest BCUT2D eigenvalue weighted by atomic mass is 9.97. The first-order valence-electron chi connectivity index (χ1n) is 12.3. The van der Waals surface area contributed by atoms with Crippen molar-refractivity contribution in [2.24, 2.45) is 0 Å². The molecule has 9 nitrogen and oxygen atoms in total. The molecule has 0 saturated heterocycles. The Bertz CT molecular complexity index is 1620. The quantitative estimate of drug-likeness (QED) is 0.186. The van der Waals surface area contributed by atoms with Gasteiger partial charge < -0.3 is 25.5 Å². The molecule has 9 heteroatoms. The van der Waals surface area contributed by atoms with Gasteiger partial charge in [-0.05, 0) is 66.9 Å². The van der Waals surface area contributed by atoms with E-state index in [1.54, 1.807) is 18.2 Å². The van der Waals surface area contributed by atoms with Crippen LogP contribution in [0, 0.1) is 6.92 Å². The molecule has 0 aliphatic carbocycles. The van der Waals surface area contributed by atoms with E-state index in [9.17, 15) is 14.4 Å². The van der Waals surface area contributed by atoms with Gasteiger partial charge in [-0.2, -0.15) is 0 Å². The second-order valence-corrected chi connectivity index (χ2v) is 9.14. The zero-order chi connectivity index (χ0) is 27.5. The molecule has 2 heterocycles. The lowest BCUT2D eigenvalue weighted by molar-refractivity contribution is -0.137. The van der Waals surface area contributed by atoms with Crippen molar-refractivity contribution in [3.63, 3.8) is 0 Å². The summed E-state index contributed by atoms with van der Waals surface area (Å²) in [5, 5.41) is 15.4. The number of carbonyl (C=O) groups excluding carboxylic acids is 2. The predicted octanol–water partition coefficient (Wildman–Crippen LogP) is 5.12. The summed E-state index contributed by atoms with van der Waals surface area (Å²) in [4.78, 5) is 44.1. The normalized spacial score (nSPS) is 13.4. The van der Waals surface area contributed by atoms with Crippen molar-refractivity contribution >= 4 is 40.5 Å². The maximum absolute atomic E-state index is 13.3. The highest BCUT2D eigenvalue weighted by Crippen LogP contribution is 2.38. The molecule has 39 heavy (non-hydrogen) atoms. The summed E-state index contributed by atoms with van der Waals surface area (Å²) in [6, 6.07) is 20.0. The molecule has 5 rings (SSSR count). The number of carboxylic acids is 1. The van der Waals surface area contributed by atoms with Crippen LogP contribution >= 0.6 is 0 Å². The molecule has 1 aromatic heterocycles. The van der Waals surface area contributed by atoms with Crippen LogP contribution in [0.2, 0.25) is 0 Å². The third-order valence-electron chi connectivity index (χ3n) is 6.41. The molecule has 4 N–H and O–H groups in total. The van der Waals surface area contributed by atoms with Crippen molar-refractivity contribution < 1.29 is 24.2 Å². The standard InChI is InChI=1S/C30H26N4O5/c1-17-16-31-28(32-17)19-7-10-22(11-8-19)33-27(20-5-3-4-18(14-20)6-13-25(35)36)26-23-12-9-21(30(38)39-2)15-24(23)34-29(26)37/h3-5,7-12,14-16,33H,6,13H2,1-2H3,(H,31,32)(H,34,37)(H,35,36)/b27-26-. The molecule has 196 valence electrons. The highest BCUT2D eigenvalue weighted by Gasteiger charge is 2.29. The number of amides is 1. The van der Waals surface area contributed by atoms with Crippen LogP contribution in [0.5, 0.6) is 0 Å². The van der Waals surface area contributed by atoms with Crippen LogP contribution in [0.4, 0.5) is 11.4 Å². The number of carboxylic acid groups (broad SMARTS) is 1. The van der Waals surface area contributed by atoms with Crippen LogP contribution in [-0.4, -0.2) is 40.0 Å². The Balaban J connectivity index is 1.58. The molecule has 3 aromatic carbocycles. The molecule has 0 atom stereocenters. The highest BCUT2D eigenvalue weighted by atomic mass is 16.5. The van der Waals surface area contributed by atoms with E-state index in [0.29, 0.717) is 34.5 Å². The van der Waals surface area contributed by atoms with Gasteiger partial charge in [0.25, 0.3) is 5.91 Å². The zero-order valence-corrected chi connectivity index (χ0v) is 21.4. The Labute approximate surface area is 224 Å². The zero-order valence-electron chi connectivity index (χ0n) is 21.4. The second kappa shape index (κ2) is 10.7. The summed E-state index contributed by atoms with van der Waals surface area (Å²) in [5.41, 5.74) is 6.52. The Morgan fingerprint density at radius 1 is 1.03 bits per heavy atom. The number of imidazole rings is 1. The van der Waals surface area contributed by atoms with Crippen LogP contribution in [0.1, 0.15) is 39.2 Å².